The summed E-state index contributed by atoms with van der Waals surface area (Å²) < 4.78 is 11.4. The lowest BCUT2D eigenvalue weighted by molar-refractivity contribution is -0.146. The van der Waals surface area contributed by atoms with E-state index in [4.69, 9.17) is 15.0 Å². The number of carbonyl (C=O) groups is 2. The molecule has 0 radical (unpaired) electrons. The minimum atomic E-state index is -0.862. The van der Waals surface area contributed by atoms with Crippen LogP contribution in [-0.2, 0) is 9.47 Å². The van der Waals surface area contributed by atoms with Gasteiger partial charge in [-0.1, -0.05) is 17.2 Å². The van der Waals surface area contributed by atoms with E-state index in [2.05, 4.69) is 10.0 Å². The second-order valence-electron chi connectivity index (χ2n) is 5.89. The zero-order valence-electron chi connectivity index (χ0n) is 12.8. The Balaban J connectivity index is 1.80. The lowest BCUT2D eigenvalue weighted by Gasteiger charge is -2.21. The van der Waals surface area contributed by atoms with Crippen LogP contribution in [0.2, 0.25) is 0 Å². The van der Waals surface area contributed by atoms with Crippen LogP contribution in [0.25, 0.3) is 10.4 Å². The van der Waals surface area contributed by atoms with Crippen LogP contribution in [0, 0.1) is 0 Å². The van der Waals surface area contributed by atoms with E-state index in [1.165, 1.54) is 0 Å². The maximum atomic E-state index is 12.4. The average molecular weight is 316 g/mol. The quantitative estimate of drug-likeness (QED) is 0.367. The molecule has 2 aliphatic heterocycles. The number of ether oxygens (including phenoxy) is 2. The van der Waals surface area contributed by atoms with Crippen molar-refractivity contribution in [2.24, 2.45) is 5.11 Å². The molecule has 8 nitrogen and oxygen atoms in total. The molecule has 1 saturated heterocycles. The van der Waals surface area contributed by atoms with Crippen LogP contribution in [0.3, 0.4) is 0 Å². The van der Waals surface area contributed by atoms with Gasteiger partial charge in [-0.2, -0.15) is 0 Å². The van der Waals surface area contributed by atoms with Crippen LogP contribution < -0.4 is 0 Å². The third-order valence-corrected chi connectivity index (χ3v) is 3.85. The SMILES string of the molecule is CC1(C)OC(CN2C(=O)c3ccccc3C2=O)[C@@H](CN=[N+]=[N-])O1. The highest BCUT2D eigenvalue weighted by Crippen LogP contribution is 2.31. The molecule has 1 unspecified atom stereocenters. The normalized spacial score (nSPS) is 25.4. The first kappa shape index (κ1) is 15.5. The summed E-state index contributed by atoms with van der Waals surface area (Å²) in [5, 5.41) is 3.51. The molecule has 0 spiro atoms. The largest absolute Gasteiger partial charge is 0.344 e. The van der Waals surface area contributed by atoms with E-state index in [1.807, 2.05) is 0 Å². The van der Waals surface area contributed by atoms with Gasteiger partial charge in [0.15, 0.2) is 5.79 Å². The summed E-state index contributed by atoms with van der Waals surface area (Å²) in [7, 11) is 0. The van der Waals surface area contributed by atoms with Crippen molar-refractivity contribution in [3.8, 4) is 0 Å². The highest BCUT2D eigenvalue weighted by Gasteiger charge is 2.45. The molecule has 2 amide bonds. The first-order chi connectivity index (χ1) is 10.9. The van der Waals surface area contributed by atoms with Gasteiger partial charge in [-0.25, -0.2) is 0 Å². The highest BCUT2D eigenvalue weighted by molar-refractivity contribution is 6.21. The van der Waals surface area contributed by atoms with Crippen LogP contribution in [0.4, 0.5) is 0 Å². The molecule has 1 fully saturated rings. The number of amides is 2. The molecule has 8 heteroatoms. The topological polar surface area (TPSA) is 105 Å². The second-order valence-corrected chi connectivity index (χ2v) is 5.89. The number of rotatable bonds is 4. The first-order valence-corrected chi connectivity index (χ1v) is 7.24. The molecule has 1 aromatic carbocycles. The van der Waals surface area contributed by atoms with E-state index in [0.29, 0.717) is 11.1 Å². The Morgan fingerprint density at radius 3 is 2.30 bits per heavy atom. The standard InChI is InChI=1S/C15H16N4O4/c1-15(2)22-11(7-17-18-16)12(23-15)8-19-13(20)9-5-3-4-6-10(9)14(19)21/h3-6,11-12H,7-8H2,1-2H3/t11-,12?/m1/s1. The van der Waals surface area contributed by atoms with Crippen LogP contribution in [0.5, 0.6) is 0 Å². The lowest BCUT2D eigenvalue weighted by atomic mass is 10.1. The van der Waals surface area contributed by atoms with Gasteiger partial charge in [-0.3, -0.25) is 14.5 Å². The Morgan fingerprint density at radius 2 is 1.74 bits per heavy atom. The van der Waals surface area contributed by atoms with Gasteiger partial charge in [0.1, 0.15) is 6.10 Å². The Hall–Kier alpha value is -2.41. The number of hydrogen-bond donors (Lipinski definition) is 0. The van der Waals surface area contributed by atoms with E-state index in [9.17, 15) is 9.59 Å². The van der Waals surface area contributed by atoms with Crippen LogP contribution >= 0.6 is 0 Å². The lowest BCUT2D eigenvalue weighted by Crippen LogP contribution is -2.41. The molecule has 3 rings (SSSR count). The van der Waals surface area contributed by atoms with Crippen molar-refractivity contribution < 1.29 is 19.1 Å². The van der Waals surface area contributed by atoms with Crippen molar-refractivity contribution >= 4 is 11.8 Å². The Morgan fingerprint density at radius 1 is 1.17 bits per heavy atom. The van der Waals surface area contributed by atoms with E-state index in [-0.39, 0.29) is 24.9 Å². The molecule has 120 valence electrons. The smallest absolute Gasteiger partial charge is 0.261 e. The predicted molar refractivity (Wildman–Crippen MR) is 79.6 cm³/mol. The summed E-state index contributed by atoms with van der Waals surface area (Å²) in [5.41, 5.74) is 9.25. The Kier molecular flexibility index (Phi) is 3.81. The molecular weight excluding hydrogens is 300 g/mol. The number of imide groups is 1. The molecule has 1 aromatic rings. The van der Waals surface area contributed by atoms with Crippen molar-refractivity contribution in [2.45, 2.75) is 31.8 Å². The maximum Gasteiger partial charge on any atom is 0.261 e. The molecular formula is C15H16N4O4. The molecule has 2 atom stereocenters. The molecule has 0 N–H and O–H groups in total. The zero-order valence-corrected chi connectivity index (χ0v) is 12.8. The van der Waals surface area contributed by atoms with Crippen molar-refractivity contribution in [1.82, 2.24) is 4.90 Å². The number of azide groups is 1. The monoisotopic (exact) mass is 316 g/mol. The summed E-state index contributed by atoms with van der Waals surface area (Å²) >= 11 is 0. The third kappa shape index (κ3) is 2.79. The van der Waals surface area contributed by atoms with Gasteiger partial charge in [0, 0.05) is 4.91 Å². The molecule has 2 aliphatic rings. The fourth-order valence-corrected chi connectivity index (χ4v) is 2.92. The summed E-state index contributed by atoms with van der Waals surface area (Å²) in [6, 6.07) is 6.69. The van der Waals surface area contributed by atoms with Crippen molar-refractivity contribution in [3.63, 3.8) is 0 Å². The molecule has 0 aliphatic carbocycles. The number of fused-ring (bicyclic) bond motifs is 1. The van der Waals surface area contributed by atoms with Crippen molar-refractivity contribution in [3.05, 3.63) is 45.8 Å². The minimum Gasteiger partial charge on any atom is -0.344 e. The maximum absolute atomic E-state index is 12.4. The molecule has 0 bridgehead atoms. The number of hydrogen-bond acceptors (Lipinski definition) is 5. The number of benzene rings is 1. The minimum absolute atomic E-state index is 0.0569. The Bertz CT molecular complexity index is 676. The number of nitrogens with zero attached hydrogens (tertiary/aromatic N) is 4. The van der Waals surface area contributed by atoms with E-state index in [1.54, 1.807) is 38.1 Å². The van der Waals surface area contributed by atoms with Gasteiger partial charge in [-0.15, -0.1) is 0 Å². The van der Waals surface area contributed by atoms with E-state index in [0.717, 1.165) is 4.90 Å². The van der Waals surface area contributed by atoms with Gasteiger partial charge in [0.2, 0.25) is 0 Å². The van der Waals surface area contributed by atoms with Gasteiger partial charge in [-0.05, 0) is 31.5 Å². The van der Waals surface area contributed by atoms with Gasteiger partial charge in [0.25, 0.3) is 11.8 Å². The van der Waals surface area contributed by atoms with Crippen LogP contribution in [0.15, 0.2) is 29.4 Å². The molecule has 23 heavy (non-hydrogen) atoms. The van der Waals surface area contributed by atoms with Crippen molar-refractivity contribution in [2.75, 3.05) is 13.1 Å². The second kappa shape index (κ2) is 5.66. The number of carbonyl (C=O) groups excluding carboxylic acids is 2. The van der Waals surface area contributed by atoms with Crippen LogP contribution in [0.1, 0.15) is 34.6 Å². The molecule has 0 saturated carbocycles. The summed E-state index contributed by atoms with van der Waals surface area (Å²) in [5.74, 6) is -1.55. The molecule has 2 heterocycles. The van der Waals surface area contributed by atoms with E-state index < -0.39 is 18.0 Å². The predicted octanol–water partition coefficient (Wildman–Crippen LogP) is 2.11. The average Bonchev–Trinajstić information content (AvgIpc) is 2.94. The van der Waals surface area contributed by atoms with Crippen molar-refractivity contribution in [1.29, 1.82) is 0 Å². The van der Waals surface area contributed by atoms with E-state index >= 15 is 0 Å². The zero-order chi connectivity index (χ0) is 16.6. The van der Waals surface area contributed by atoms with Gasteiger partial charge >= 0.3 is 0 Å². The van der Waals surface area contributed by atoms with Crippen LogP contribution in [-0.4, -0.2) is 47.8 Å². The fourth-order valence-electron chi connectivity index (χ4n) is 2.92. The summed E-state index contributed by atoms with van der Waals surface area (Å²) in [6.45, 7) is 3.60. The first-order valence-electron chi connectivity index (χ1n) is 7.24. The highest BCUT2D eigenvalue weighted by atomic mass is 16.8. The summed E-state index contributed by atoms with van der Waals surface area (Å²) in [4.78, 5) is 28.7. The molecule has 0 aromatic heterocycles. The third-order valence-electron chi connectivity index (χ3n) is 3.85. The summed E-state index contributed by atoms with van der Waals surface area (Å²) in [6.07, 6.45) is -1.05. The van der Waals surface area contributed by atoms with Gasteiger partial charge < -0.3 is 9.47 Å². The fraction of sp³-hybridized carbons (Fsp3) is 0.467. The van der Waals surface area contributed by atoms with Gasteiger partial charge in [0.05, 0.1) is 30.3 Å². The Labute approximate surface area is 132 Å².